The molecule has 0 aliphatic carbocycles. The minimum atomic E-state index is -1.04. The topological polar surface area (TPSA) is 111 Å². The van der Waals surface area contributed by atoms with E-state index in [2.05, 4.69) is 6.07 Å². The Morgan fingerprint density at radius 3 is 2.65 bits per heavy atom. The molecule has 2 aromatic carbocycles. The molecule has 34 heavy (non-hydrogen) atoms. The van der Waals surface area contributed by atoms with Crippen LogP contribution in [0.25, 0.3) is 11.3 Å². The molecule has 0 amide bonds. The number of methoxy groups -OCH3 is 1. The molecule has 0 saturated heterocycles. The molecule has 0 aliphatic rings. The van der Waals surface area contributed by atoms with E-state index in [1.54, 1.807) is 30.3 Å². The van der Waals surface area contributed by atoms with Crippen LogP contribution in [0.5, 0.6) is 17.2 Å². The van der Waals surface area contributed by atoms with E-state index in [4.69, 9.17) is 29.0 Å². The molecule has 8 heteroatoms. The van der Waals surface area contributed by atoms with Crippen LogP contribution in [0.4, 0.5) is 0 Å². The number of nitriles is 1. The Morgan fingerprint density at radius 2 is 1.97 bits per heavy atom. The van der Waals surface area contributed by atoms with Crippen LogP contribution >= 0.6 is 0 Å². The van der Waals surface area contributed by atoms with Crippen LogP contribution in [0.1, 0.15) is 29.8 Å². The number of rotatable bonds is 11. The lowest BCUT2D eigenvalue weighted by molar-refractivity contribution is -0.139. The van der Waals surface area contributed by atoms with Gasteiger partial charge in [-0.25, -0.2) is 9.78 Å². The van der Waals surface area contributed by atoms with Crippen LogP contribution in [0, 0.1) is 18.3 Å². The summed E-state index contributed by atoms with van der Waals surface area (Å²) in [5.74, 6) is 0.500. The van der Waals surface area contributed by atoms with Gasteiger partial charge in [-0.3, -0.25) is 0 Å². The number of hydrogen-bond acceptors (Lipinski definition) is 7. The minimum Gasteiger partial charge on any atom is -0.495 e. The predicted molar refractivity (Wildman–Crippen MR) is 125 cm³/mol. The first-order valence-corrected chi connectivity index (χ1v) is 10.7. The molecule has 3 aromatic rings. The molecule has 3 rings (SSSR count). The smallest absolute Gasteiger partial charge is 0.341 e. The molecule has 176 valence electrons. The van der Waals surface area contributed by atoms with E-state index in [1.807, 2.05) is 38.1 Å². The van der Waals surface area contributed by atoms with Crippen molar-refractivity contribution < 1.29 is 28.8 Å². The van der Waals surface area contributed by atoms with Gasteiger partial charge in [0.15, 0.2) is 12.7 Å². The fourth-order valence-corrected chi connectivity index (χ4v) is 3.30. The van der Waals surface area contributed by atoms with Gasteiger partial charge in [-0.15, -0.1) is 0 Å². The lowest BCUT2D eigenvalue weighted by atomic mass is 10.1. The average molecular weight is 463 g/mol. The molecule has 0 fully saturated rings. The number of aryl methyl sites for hydroxylation is 1. The van der Waals surface area contributed by atoms with Crippen LogP contribution in [-0.2, 0) is 9.53 Å². The van der Waals surface area contributed by atoms with Gasteiger partial charge in [0.05, 0.1) is 30.7 Å². The number of carboxylic acid groups (broad SMARTS) is 1. The SMILES string of the molecule is CCOCC(Oc1ccc(OCC(=O)O)c(C)c1)c1cccc(-c2ccc(C#N)c(OC)c2)n1. The molecule has 0 radical (unpaired) electrons. The zero-order valence-corrected chi connectivity index (χ0v) is 19.3. The second kappa shape index (κ2) is 11.7. The normalized spacial score (nSPS) is 11.4. The highest BCUT2D eigenvalue weighted by Gasteiger charge is 2.18. The fraction of sp³-hybridized carbons (Fsp3) is 0.269. The summed E-state index contributed by atoms with van der Waals surface area (Å²) in [6.07, 6.45) is -0.481. The summed E-state index contributed by atoms with van der Waals surface area (Å²) in [5.41, 5.74) is 3.40. The largest absolute Gasteiger partial charge is 0.495 e. The molecule has 1 atom stereocenters. The van der Waals surface area contributed by atoms with Gasteiger partial charge in [0.25, 0.3) is 0 Å². The van der Waals surface area contributed by atoms with Gasteiger partial charge in [0.1, 0.15) is 23.3 Å². The number of ether oxygens (including phenoxy) is 4. The summed E-state index contributed by atoms with van der Waals surface area (Å²) < 4.78 is 22.5. The number of aliphatic carboxylic acids is 1. The third-order valence-corrected chi connectivity index (χ3v) is 4.97. The van der Waals surface area contributed by atoms with Crippen LogP contribution < -0.4 is 14.2 Å². The Balaban J connectivity index is 1.87. The van der Waals surface area contributed by atoms with Gasteiger partial charge in [-0.05, 0) is 61.9 Å². The van der Waals surface area contributed by atoms with Gasteiger partial charge in [0.2, 0.25) is 0 Å². The molecule has 1 aromatic heterocycles. The van der Waals surface area contributed by atoms with Gasteiger partial charge >= 0.3 is 5.97 Å². The Labute approximate surface area is 198 Å². The van der Waals surface area contributed by atoms with Crippen molar-refractivity contribution in [3.05, 3.63) is 71.4 Å². The number of nitrogens with zero attached hydrogens (tertiary/aromatic N) is 2. The quantitative estimate of drug-likeness (QED) is 0.442. The fourth-order valence-electron chi connectivity index (χ4n) is 3.30. The van der Waals surface area contributed by atoms with Crippen molar-refractivity contribution in [3.8, 4) is 34.6 Å². The Bertz CT molecular complexity index is 1190. The maximum atomic E-state index is 10.8. The molecule has 1 unspecified atom stereocenters. The summed E-state index contributed by atoms with van der Waals surface area (Å²) in [6, 6.07) is 18.2. The third-order valence-electron chi connectivity index (χ3n) is 4.97. The van der Waals surface area contributed by atoms with Crippen LogP contribution in [0.3, 0.4) is 0 Å². The van der Waals surface area contributed by atoms with Crippen molar-refractivity contribution in [2.24, 2.45) is 0 Å². The van der Waals surface area contributed by atoms with Crippen LogP contribution in [0.15, 0.2) is 54.6 Å². The second-order valence-electron chi connectivity index (χ2n) is 7.35. The Kier molecular flexibility index (Phi) is 8.43. The van der Waals surface area contributed by atoms with E-state index in [0.29, 0.717) is 47.4 Å². The first kappa shape index (κ1) is 24.6. The maximum Gasteiger partial charge on any atom is 0.341 e. The van der Waals surface area contributed by atoms with E-state index >= 15 is 0 Å². The summed E-state index contributed by atoms with van der Waals surface area (Å²) in [4.78, 5) is 15.5. The Morgan fingerprint density at radius 1 is 1.15 bits per heavy atom. The zero-order chi connectivity index (χ0) is 24.5. The monoisotopic (exact) mass is 462 g/mol. The van der Waals surface area contributed by atoms with Gasteiger partial charge < -0.3 is 24.1 Å². The number of carbonyl (C=O) groups is 1. The predicted octanol–water partition coefficient (Wildman–Crippen LogP) is 4.56. The molecule has 0 aliphatic heterocycles. The Hall–Kier alpha value is -4.09. The van der Waals surface area contributed by atoms with Crippen LogP contribution in [-0.4, -0.2) is 43.0 Å². The number of carboxylic acids is 1. The number of aromatic nitrogens is 1. The van der Waals surface area contributed by atoms with Gasteiger partial charge in [0, 0.05) is 12.2 Å². The number of hydrogen-bond donors (Lipinski definition) is 1. The minimum absolute atomic E-state index is 0.292. The second-order valence-corrected chi connectivity index (χ2v) is 7.35. The van der Waals surface area contributed by atoms with Crippen molar-refractivity contribution in [1.82, 2.24) is 4.98 Å². The third kappa shape index (κ3) is 6.24. The molecule has 8 nitrogen and oxygen atoms in total. The standard InChI is InChI=1S/C26H26N2O6/c1-4-32-15-25(34-20-10-11-23(17(2)12-20)33-16-26(29)30)22-7-5-6-21(28-22)18-8-9-19(14-27)24(13-18)31-3/h5-13,25H,4,15-16H2,1-3H3,(H,29,30). The molecule has 1 heterocycles. The van der Waals surface area contributed by atoms with Crippen molar-refractivity contribution in [1.29, 1.82) is 5.26 Å². The lowest BCUT2D eigenvalue weighted by Gasteiger charge is -2.20. The molecular formula is C26H26N2O6. The highest BCUT2D eigenvalue weighted by Crippen LogP contribution is 2.30. The first-order valence-electron chi connectivity index (χ1n) is 10.7. The number of benzene rings is 2. The molecule has 0 bridgehead atoms. The summed E-state index contributed by atoms with van der Waals surface area (Å²) in [7, 11) is 1.52. The van der Waals surface area contributed by atoms with E-state index in [-0.39, 0.29) is 0 Å². The molecular weight excluding hydrogens is 436 g/mol. The van der Waals surface area contributed by atoms with Crippen LogP contribution in [0.2, 0.25) is 0 Å². The maximum absolute atomic E-state index is 10.8. The van der Waals surface area contributed by atoms with E-state index in [0.717, 1.165) is 11.1 Å². The van der Waals surface area contributed by atoms with E-state index in [1.165, 1.54) is 7.11 Å². The van der Waals surface area contributed by atoms with Crippen molar-refractivity contribution in [2.45, 2.75) is 20.0 Å². The highest BCUT2D eigenvalue weighted by atomic mass is 16.5. The molecule has 1 N–H and O–H groups in total. The van der Waals surface area contributed by atoms with E-state index in [9.17, 15) is 10.1 Å². The van der Waals surface area contributed by atoms with Crippen molar-refractivity contribution in [3.63, 3.8) is 0 Å². The highest BCUT2D eigenvalue weighted by molar-refractivity contribution is 5.68. The summed E-state index contributed by atoms with van der Waals surface area (Å²) >= 11 is 0. The van der Waals surface area contributed by atoms with Gasteiger partial charge in [-0.1, -0.05) is 12.1 Å². The molecule has 0 spiro atoms. The van der Waals surface area contributed by atoms with Gasteiger partial charge in [-0.2, -0.15) is 5.26 Å². The summed E-state index contributed by atoms with van der Waals surface area (Å²) in [5, 5.41) is 18.0. The van der Waals surface area contributed by atoms with Crippen molar-refractivity contribution in [2.75, 3.05) is 26.9 Å². The summed E-state index contributed by atoms with van der Waals surface area (Å²) in [6.45, 7) is 4.12. The average Bonchev–Trinajstić information content (AvgIpc) is 2.85. The lowest BCUT2D eigenvalue weighted by Crippen LogP contribution is -2.16. The molecule has 0 saturated carbocycles. The van der Waals surface area contributed by atoms with E-state index < -0.39 is 18.7 Å². The zero-order valence-electron chi connectivity index (χ0n) is 19.3. The first-order chi connectivity index (χ1) is 16.4. The van der Waals surface area contributed by atoms with Crippen molar-refractivity contribution >= 4 is 5.97 Å². The number of pyridine rings is 1.